The summed E-state index contributed by atoms with van der Waals surface area (Å²) in [6.45, 7) is 3.87. The Labute approximate surface area is 221 Å². The lowest BCUT2D eigenvalue weighted by atomic mass is 10.1. The second-order valence-corrected chi connectivity index (χ2v) is 9.18. The van der Waals surface area contributed by atoms with Crippen molar-refractivity contribution in [2.45, 2.75) is 6.42 Å². The average Bonchev–Trinajstić information content (AvgIpc) is 2.98. The molecule has 1 amide bonds. The Bertz CT molecular complexity index is 1420. The third-order valence-corrected chi connectivity index (χ3v) is 6.63. The largest absolute Gasteiger partial charge is 0.457 e. The van der Waals surface area contributed by atoms with Gasteiger partial charge in [-0.25, -0.2) is 9.37 Å². The summed E-state index contributed by atoms with van der Waals surface area (Å²) >= 11 is 0. The average molecular weight is 507 g/mol. The molecule has 0 unspecified atom stereocenters. The van der Waals surface area contributed by atoms with Crippen LogP contribution in [0.4, 0.5) is 4.39 Å². The van der Waals surface area contributed by atoms with E-state index in [1.54, 1.807) is 18.2 Å². The molecule has 7 heteroatoms. The van der Waals surface area contributed by atoms with Crippen LogP contribution in [0.2, 0.25) is 0 Å². The van der Waals surface area contributed by atoms with Crippen LogP contribution in [-0.2, 0) is 6.42 Å². The van der Waals surface area contributed by atoms with E-state index >= 15 is 0 Å². The van der Waals surface area contributed by atoms with Crippen molar-refractivity contribution in [3.05, 3.63) is 114 Å². The van der Waals surface area contributed by atoms with Crippen LogP contribution in [0, 0.1) is 17.1 Å². The highest BCUT2D eigenvalue weighted by atomic mass is 19.1. The minimum Gasteiger partial charge on any atom is -0.457 e. The van der Waals surface area contributed by atoms with E-state index in [9.17, 15) is 9.18 Å². The van der Waals surface area contributed by atoms with Crippen LogP contribution in [0.5, 0.6) is 11.5 Å². The van der Waals surface area contributed by atoms with Crippen molar-refractivity contribution in [3.8, 4) is 28.8 Å². The minimum absolute atomic E-state index is 0.0603. The first-order valence-electron chi connectivity index (χ1n) is 12.6. The fourth-order valence-corrected chi connectivity index (χ4v) is 4.42. The summed E-state index contributed by atoms with van der Waals surface area (Å²) in [5.74, 6) is 0.813. The van der Waals surface area contributed by atoms with Crippen LogP contribution in [0.25, 0.3) is 11.3 Å². The highest BCUT2D eigenvalue weighted by molar-refractivity contribution is 5.93. The SMILES string of the molecule is N#Cc1ccc(CCN2CCN(C(=O)c3cccc(-c4ccc(Oc5ccc(F)cc5)cc4)n3)CC2)cc1. The maximum atomic E-state index is 13.2. The molecule has 0 saturated carbocycles. The van der Waals surface area contributed by atoms with Gasteiger partial charge in [-0.3, -0.25) is 9.69 Å². The summed E-state index contributed by atoms with van der Waals surface area (Å²) in [5.41, 5.74) is 3.90. The molecule has 0 spiro atoms. The maximum Gasteiger partial charge on any atom is 0.272 e. The molecule has 3 aromatic carbocycles. The Kier molecular flexibility index (Phi) is 7.72. The van der Waals surface area contributed by atoms with Crippen molar-refractivity contribution < 1.29 is 13.9 Å². The van der Waals surface area contributed by atoms with Gasteiger partial charge in [0.2, 0.25) is 0 Å². The van der Waals surface area contributed by atoms with Gasteiger partial charge in [-0.15, -0.1) is 0 Å². The molecule has 38 heavy (non-hydrogen) atoms. The number of benzene rings is 3. The van der Waals surface area contributed by atoms with Gasteiger partial charge in [-0.1, -0.05) is 18.2 Å². The number of nitriles is 1. The van der Waals surface area contributed by atoms with Crippen molar-refractivity contribution in [3.63, 3.8) is 0 Å². The molecule has 5 rings (SSSR count). The van der Waals surface area contributed by atoms with Gasteiger partial charge in [0.15, 0.2) is 0 Å². The molecule has 4 aromatic rings. The molecule has 190 valence electrons. The van der Waals surface area contributed by atoms with E-state index in [1.165, 1.54) is 17.7 Å². The number of nitrogens with zero attached hydrogens (tertiary/aromatic N) is 4. The monoisotopic (exact) mass is 506 g/mol. The molecule has 2 heterocycles. The van der Waals surface area contributed by atoms with Crippen LogP contribution in [0.3, 0.4) is 0 Å². The van der Waals surface area contributed by atoms with E-state index in [2.05, 4.69) is 16.0 Å². The van der Waals surface area contributed by atoms with E-state index in [1.807, 2.05) is 65.6 Å². The van der Waals surface area contributed by atoms with Gasteiger partial charge in [-0.05, 0) is 84.8 Å². The zero-order chi connectivity index (χ0) is 26.3. The molecule has 0 N–H and O–H groups in total. The zero-order valence-electron chi connectivity index (χ0n) is 20.9. The molecule has 1 saturated heterocycles. The number of hydrogen-bond acceptors (Lipinski definition) is 5. The van der Waals surface area contributed by atoms with Crippen molar-refractivity contribution in [1.82, 2.24) is 14.8 Å². The van der Waals surface area contributed by atoms with Crippen molar-refractivity contribution in [1.29, 1.82) is 5.26 Å². The van der Waals surface area contributed by atoms with Crippen molar-refractivity contribution >= 4 is 5.91 Å². The molecule has 0 atom stereocenters. The molecule has 0 aliphatic carbocycles. The molecule has 0 radical (unpaired) electrons. The number of piperazine rings is 1. The Morgan fingerprint density at radius 3 is 2.18 bits per heavy atom. The van der Waals surface area contributed by atoms with E-state index in [4.69, 9.17) is 10.00 Å². The Hall–Kier alpha value is -4.54. The van der Waals surface area contributed by atoms with E-state index in [0.717, 1.165) is 31.6 Å². The number of hydrogen-bond donors (Lipinski definition) is 0. The summed E-state index contributed by atoms with van der Waals surface area (Å²) in [7, 11) is 0. The normalized spacial score (nSPS) is 13.6. The summed E-state index contributed by atoms with van der Waals surface area (Å²) in [4.78, 5) is 22.1. The predicted octanol–water partition coefficient (Wildman–Crippen LogP) is 5.55. The fourth-order valence-electron chi connectivity index (χ4n) is 4.42. The van der Waals surface area contributed by atoms with Gasteiger partial charge in [0.05, 0.1) is 17.3 Å². The van der Waals surface area contributed by atoms with Gasteiger partial charge in [0.25, 0.3) is 5.91 Å². The third-order valence-electron chi connectivity index (χ3n) is 6.63. The van der Waals surface area contributed by atoms with E-state index in [-0.39, 0.29) is 11.7 Å². The van der Waals surface area contributed by atoms with Crippen molar-refractivity contribution in [2.75, 3.05) is 32.7 Å². The molecular formula is C31H27FN4O2. The number of carbonyl (C=O) groups is 1. The second kappa shape index (κ2) is 11.7. The lowest BCUT2D eigenvalue weighted by Crippen LogP contribution is -2.49. The summed E-state index contributed by atoms with van der Waals surface area (Å²) < 4.78 is 18.9. The zero-order valence-corrected chi connectivity index (χ0v) is 20.9. The topological polar surface area (TPSA) is 69.5 Å². The highest BCUT2D eigenvalue weighted by Gasteiger charge is 2.23. The lowest BCUT2D eigenvalue weighted by molar-refractivity contribution is 0.0633. The van der Waals surface area contributed by atoms with Gasteiger partial charge < -0.3 is 9.64 Å². The number of pyridine rings is 1. The smallest absolute Gasteiger partial charge is 0.272 e. The first kappa shape index (κ1) is 25.1. The molecule has 1 aliphatic rings. The standard InChI is InChI=1S/C31H27FN4O2/c32-26-10-14-28(15-11-26)38-27-12-8-25(9-13-27)29-2-1-3-30(34-29)31(37)36-20-18-35(19-21-36)17-16-23-4-6-24(22-33)7-5-23/h1-15H,16-21H2. The van der Waals surface area contributed by atoms with Crippen LogP contribution in [0.15, 0.2) is 91.0 Å². The number of aromatic nitrogens is 1. The van der Waals surface area contributed by atoms with Crippen LogP contribution < -0.4 is 4.74 Å². The van der Waals surface area contributed by atoms with Crippen molar-refractivity contribution in [2.24, 2.45) is 0 Å². The maximum absolute atomic E-state index is 13.2. The Balaban J connectivity index is 1.15. The van der Waals surface area contributed by atoms with Gasteiger partial charge >= 0.3 is 0 Å². The Morgan fingerprint density at radius 2 is 1.53 bits per heavy atom. The molecule has 1 aliphatic heterocycles. The number of rotatable bonds is 7. The first-order valence-corrected chi connectivity index (χ1v) is 12.6. The first-order chi connectivity index (χ1) is 18.6. The highest BCUT2D eigenvalue weighted by Crippen LogP contribution is 2.25. The van der Waals surface area contributed by atoms with E-state index in [0.29, 0.717) is 41.5 Å². The van der Waals surface area contributed by atoms with Gasteiger partial charge in [-0.2, -0.15) is 5.26 Å². The predicted molar refractivity (Wildman–Crippen MR) is 143 cm³/mol. The molecule has 1 aromatic heterocycles. The van der Waals surface area contributed by atoms with Crippen LogP contribution >= 0.6 is 0 Å². The number of carbonyl (C=O) groups excluding carboxylic acids is 1. The fraction of sp³-hybridized carbons (Fsp3) is 0.194. The van der Waals surface area contributed by atoms with Crippen LogP contribution in [-0.4, -0.2) is 53.4 Å². The number of ether oxygens (including phenoxy) is 1. The summed E-state index contributed by atoms with van der Waals surface area (Å²) in [6.07, 6.45) is 0.914. The van der Waals surface area contributed by atoms with E-state index < -0.39 is 0 Å². The third kappa shape index (κ3) is 6.23. The van der Waals surface area contributed by atoms with Gasteiger partial charge in [0, 0.05) is 38.3 Å². The Morgan fingerprint density at radius 1 is 0.868 bits per heavy atom. The molecule has 0 bridgehead atoms. The molecule has 6 nitrogen and oxygen atoms in total. The van der Waals surface area contributed by atoms with Gasteiger partial charge in [0.1, 0.15) is 23.0 Å². The second-order valence-electron chi connectivity index (χ2n) is 9.18. The number of amides is 1. The molecular weight excluding hydrogens is 479 g/mol. The summed E-state index contributed by atoms with van der Waals surface area (Å²) in [6, 6.07) is 28.6. The summed E-state index contributed by atoms with van der Waals surface area (Å²) in [5, 5.41) is 8.94. The minimum atomic E-state index is -0.310. The lowest BCUT2D eigenvalue weighted by Gasteiger charge is -2.34. The molecule has 1 fully saturated rings. The van der Waals surface area contributed by atoms with Crippen LogP contribution in [0.1, 0.15) is 21.6 Å². The number of halogens is 1. The quantitative estimate of drug-likeness (QED) is 0.329.